The number of nitrogens with zero attached hydrogens (tertiary/aromatic N) is 10. The first-order valence-corrected chi connectivity index (χ1v) is 27.5. The van der Waals surface area contributed by atoms with Crippen molar-refractivity contribution >= 4 is 40.9 Å². The predicted octanol–water partition coefficient (Wildman–Crippen LogP) is 8.68. The maximum Gasteiger partial charge on any atom is 0.492 e. The van der Waals surface area contributed by atoms with Crippen molar-refractivity contribution in [3.8, 4) is 40.5 Å². The van der Waals surface area contributed by atoms with Gasteiger partial charge in [0.1, 0.15) is 30.5 Å². The van der Waals surface area contributed by atoms with Crippen molar-refractivity contribution in [2.75, 3.05) is 95.4 Å². The van der Waals surface area contributed by atoms with Crippen molar-refractivity contribution in [1.82, 2.24) is 39.9 Å². The van der Waals surface area contributed by atoms with Gasteiger partial charge in [0, 0.05) is 74.6 Å². The fourth-order valence-electron chi connectivity index (χ4n) is 8.91. The summed E-state index contributed by atoms with van der Waals surface area (Å²) in [6.45, 7) is 21.6. The Morgan fingerprint density at radius 2 is 1.26 bits per heavy atom. The molecule has 5 fully saturated rings. The summed E-state index contributed by atoms with van der Waals surface area (Å²) in [6.07, 6.45) is 11.9. The van der Waals surface area contributed by atoms with Crippen molar-refractivity contribution < 1.29 is 37.7 Å². The van der Waals surface area contributed by atoms with Crippen molar-refractivity contribution in [3.05, 3.63) is 112 Å². The third-order valence-corrected chi connectivity index (χ3v) is 14.5. The van der Waals surface area contributed by atoms with Crippen LogP contribution in [0.5, 0.6) is 12.0 Å². The van der Waals surface area contributed by atoms with Gasteiger partial charge < -0.3 is 47.5 Å². The third-order valence-electron chi connectivity index (χ3n) is 14.0. The number of benzene rings is 2. The van der Waals surface area contributed by atoms with E-state index in [0.29, 0.717) is 58.2 Å². The molecule has 2 aromatic carbocycles. The topological polar surface area (TPSA) is 191 Å². The van der Waals surface area contributed by atoms with E-state index >= 15 is 0 Å². The summed E-state index contributed by atoms with van der Waals surface area (Å²) in [6, 6.07) is 25.0. The van der Waals surface area contributed by atoms with Crippen LogP contribution in [0.15, 0.2) is 106 Å². The molecule has 0 bridgehead atoms. The predicted molar refractivity (Wildman–Crippen MR) is 300 cm³/mol. The van der Waals surface area contributed by atoms with Gasteiger partial charge in [-0.25, -0.2) is 4.68 Å². The molecule has 0 amide bonds. The number of H-pyrrole nitrogens is 1. The van der Waals surface area contributed by atoms with Gasteiger partial charge in [0.25, 0.3) is 0 Å². The molecular weight excluding hydrogens is 1050 g/mol. The number of morpholine rings is 2. The largest absolute Gasteiger partial charge is 0.492 e. The first-order chi connectivity index (χ1) is 37.3. The van der Waals surface area contributed by atoms with Gasteiger partial charge in [-0.3, -0.25) is 10.1 Å². The van der Waals surface area contributed by atoms with E-state index in [1.54, 1.807) is 12.4 Å². The Bertz CT molecular complexity index is 2850. The fraction of sp³-hybridized carbons (Fsp3) is 0.482. The molecule has 2 unspecified atom stereocenters. The smallest absolute Gasteiger partial charge is 0.461 e. The second kappa shape index (κ2) is 26.5. The second-order valence-electron chi connectivity index (χ2n) is 20.5. The lowest BCUT2D eigenvalue weighted by atomic mass is 9.79. The highest BCUT2D eigenvalue weighted by atomic mass is 79.9. The Labute approximate surface area is 460 Å². The van der Waals surface area contributed by atoms with E-state index in [0.717, 1.165) is 115 Å². The van der Waals surface area contributed by atoms with E-state index in [2.05, 4.69) is 127 Å². The van der Waals surface area contributed by atoms with Gasteiger partial charge in [-0.1, -0.05) is 45.8 Å². The normalized spacial score (nSPS) is 20.4. The molecule has 1 N–H and O–H groups in total. The summed E-state index contributed by atoms with van der Waals surface area (Å²) in [4.78, 5) is 26.9. The van der Waals surface area contributed by atoms with Crippen LogP contribution < -0.4 is 19.3 Å². The van der Waals surface area contributed by atoms with E-state index in [1.165, 1.54) is 11.1 Å². The number of nitrogens with one attached hydrogen (secondary N) is 1. The maximum atomic E-state index is 5.95. The number of aromatic amines is 1. The van der Waals surface area contributed by atoms with Gasteiger partial charge in [-0.05, 0) is 121 Å². The first-order valence-electron chi connectivity index (χ1n) is 26.7. The molecule has 21 heteroatoms. The minimum Gasteiger partial charge on any atom is -0.461 e. The summed E-state index contributed by atoms with van der Waals surface area (Å²) in [5.74, 6) is 1.68. The summed E-state index contributed by atoms with van der Waals surface area (Å²) >= 11 is 3.36. The van der Waals surface area contributed by atoms with Crippen LogP contribution >= 0.6 is 15.9 Å². The lowest BCUT2D eigenvalue weighted by molar-refractivity contribution is 0.00578. The average molecular weight is 1120 g/mol. The lowest BCUT2D eigenvalue weighted by Gasteiger charge is -2.32. The second-order valence-corrected chi connectivity index (χ2v) is 21.4. The maximum absolute atomic E-state index is 5.95. The Morgan fingerprint density at radius 3 is 1.77 bits per heavy atom. The number of aryl methyl sites for hydroxylation is 2. The summed E-state index contributed by atoms with van der Waals surface area (Å²) in [5, 5.41) is 11.7. The van der Waals surface area contributed by atoms with Gasteiger partial charge in [-0.15, -0.1) is 0 Å². The van der Waals surface area contributed by atoms with Crippen LogP contribution in [0.25, 0.3) is 28.5 Å². The number of hydrogen-bond donors (Lipinski definition) is 1. The number of aliphatic imine (C=N–C) groups is 1. The molecule has 408 valence electrons. The summed E-state index contributed by atoms with van der Waals surface area (Å²) < 4.78 is 48.7. The van der Waals surface area contributed by atoms with Crippen molar-refractivity contribution in [1.29, 1.82) is 0 Å². The van der Waals surface area contributed by atoms with Crippen LogP contribution in [0.4, 0.5) is 11.6 Å². The molecule has 6 aliphatic rings. The number of hydrogen-bond acceptors (Lipinski definition) is 17. The lowest BCUT2D eigenvalue weighted by Crippen LogP contribution is -2.41. The van der Waals surface area contributed by atoms with Gasteiger partial charge in [-0.2, -0.15) is 30.1 Å². The summed E-state index contributed by atoms with van der Waals surface area (Å²) in [7, 11) is -0.220. The molecule has 10 heterocycles. The zero-order chi connectivity index (χ0) is 53.6. The van der Waals surface area contributed by atoms with Crippen LogP contribution in [-0.4, -0.2) is 162 Å². The van der Waals surface area contributed by atoms with Gasteiger partial charge in [0.05, 0.1) is 79.2 Å². The van der Waals surface area contributed by atoms with Crippen molar-refractivity contribution in [2.24, 2.45) is 4.99 Å². The molecule has 77 heavy (non-hydrogen) atoms. The van der Waals surface area contributed by atoms with Crippen molar-refractivity contribution in [2.45, 2.75) is 90.6 Å². The van der Waals surface area contributed by atoms with Crippen LogP contribution in [0.1, 0.15) is 64.5 Å². The van der Waals surface area contributed by atoms with Crippen LogP contribution in [-0.2, 0) is 28.3 Å². The SMILES string of the molecule is CC1(C)OB(C2=CC=NC2)OC1(C)C.Cc1cccc(-n2ccc(-c3cc(N4CCOCC4)nc(OCC4CCCO4)n3)n2)c1.Cc1cccc(Br)c1.c1cc(-c2cc(N3CCOCC3)nc(OCC3CCCO3)n2)[nH]n1. The highest BCUT2D eigenvalue weighted by molar-refractivity contribution is 9.10. The van der Waals surface area contributed by atoms with Crippen LogP contribution in [0.2, 0.25) is 0 Å². The average Bonchev–Trinajstić information content (AvgIpc) is 4.37. The zero-order valence-electron chi connectivity index (χ0n) is 45.1. The Morgan fingerprint density at radius 1 is 0.675 bits per heavy atom. The molecular formula is C56H71BBrN11O8. The summed E-state index contributed by atoms with van der Waals surface area (Å²) in [5.41, 5.74) is 7.25. The Balaban J connectivity index is 0.000000138. The molecule has 4 aromatic heterocycles. The third kappa shape index (κ3) is 15.6. The van der Waals surface area contributed by atoms with E-state index in [1.807, 2.05) is 65.5 Å². The molecule has 12 rings (SSSR count). The number of aromatic nitrogens is 8. The minimum atomic E-state index is -0.249. The molecule has 0 aliphatic carbocycles. The van der Waals surface area contributed by atoms with Gasteiger partial charge in [0.2, 0.25) is 0 Å². The molecule has 6 aromatic rings. The molecule has 5 saturated heterocycles. The van der Waals surface area contributed by atoms with E-state index in [4.69, 9.17) is 42.8 Å². The van der Waals surface area contributed by atoms with E-state index in [-0.39, 0.29) is 30.5 Å². The molecule has 0 radical (unpaired) electrons. The Kier molecular flexibility index (Phi) is 19.2. The highest BCUT2D eigenvalue weighted by Crippen LogP contribution is 2.39. The van der Waals surface area contributed by atoms with Crippen molar-refractivity contribution in [3.63, 3.8) is 0 Å². The number of allylic oxidation sites excluding steroid dienone is 1. The zero-order valence-corrected chi connectivity index (χ0v) is 46.7. The number of anilines is 2. The van der Waals surface area contributed by atoms with Gasteiger partial charge in [0.15, 0.2) is 0 Å². The minimum absolute atomic E-state index is 0.111. The van der Waals surface area contributed by atoms with Crippen LogP contribution in [0.3, 0.4) is 0 Å². The number of halogens is 1. The van der Waals surface area contributed by atoms with Gasteiger partial charge >= 0.3 is 19.1 Å². The standard InChI is InChI=1S/C23H27N5O3.C16H21N5O3.C10H16BNO2.C7H7Br/c1-17-4-2-5-18(14-17)28-8-7-20(26-28)21-15-22(27-9-12-29-13-10-27)25-23(24-21)31-16-19-6-3-11-30-19;1-2-12(23-7-1)11-24-16-18-14(13-3-4-17-20-13)10-15(19-16)21-5-8-22-9-6-21;1-9(2)10(3,4)14-11(13-9)8-5-6-12-7-8;1-6-3-2-4-7(8)5-6/h2,4-5,7-8,14-15,19H,3,6,9-13,16H2,1H3;3-4,10,12H,1-2,5-9,11H2,(H,17,20);5-6H,7H2,1-4H3;2-5H,1H3. The number of rotatable bonds is 12. The quantitative estimate of drug-likeness (QED) is 0.114. The van der Waals surface area contributed by atoms with E-state index in [9.17, 15) is 0 Å². The van der Waals surface area contributed by atoms with Crippen LogP contribution in [0, 0.1) is 13.8 Å². The highest BCUT2D eigenvalue weighted by Gasteiger charge is 2.52. The molecule has 19 nitrogen and oxygen atoms in total. The monoisotopic (exact) mass is 1120 g/mol. The molecule has 0 saturated carbocycles. The fourth-order valence-corrected chi connectivity index (χ4v) is 9.42. The Hall–Kier alpha value is -6.07. The molecule has 6 aliphatic heterocycles. The molecule has 2 atom stereocenters. The molecule has 0 spiro atoms. The number of ether oxygens (including phenoxy) is 6. The first kappa shape index (κ1) is 55.7. The van der Waals surface area contributed by atoms with E-state index < -0.39 is 0 Å².